The third-order valence-electron chi connectivity index (χ3n) is 5.16. The van der Waals surface area contributed by atoms with E-state index in [0.717, 1.165) is 22.2 Å². The monoisotopic (exact) mass is 407 g/mol. The number of benzene rings is 2. The third kappa shape index (κ3) is 3.23. The van der Waals surface area contributed by atoms with Crippen molar-refractivity contribution in [1.82, 2.24) is 14.8 Å². The lowest BCUT2D eigenvalue weighted by Crippen LogP contribution is -2.52. The van der Waals surface area contributed by atoms with E-state index in [2.05, 4.69) is 5.32 Å². The minimum Gasteiger partial charge on any atom is -0.340 e. The average Bonchev–Trinajstić information content (AvgIpc) is 2.97. The summed E-state index contributed by atoms with van der Waals surface area (Å²) in [5, 5.41) is 3.48. The SMILES string of the molecule is Cc1c(/C=C2\C(=O)NC(=S)N(C)C2=O)c2ccccc2n1Cc1ccccc1F. The molecule has 4 rings (SSSR count). The van der Waals surface area contributed by atoms with E-state index >= 15 is 0 Å². The zero-order chi connectivity index (χ0) is 20.7. The molecule has 0 saturated carbocycles. The van der Waals surface area contributed by atoms with Crippen LogP contribution in [0.3, 0.4) is 0 Å². The molecule has 1 aliphatic heterocycles. The molecule has 0 unspecified atom stereocenters. The van der Waals surface area contributed by atoms with Crippen LogP contribution in [0.2, 0.25) is 0 Å². The summed E-state index contributed by atoms with van der Waals surface area (Å²) in [5.41, 5.74) is 3.05. The minimum absolute atomic E-state index is 0.0120. The van der Waals surface area contributed by atoms with E-state index in [0.29, 0.717) is 12.1 Å². The molecule has 7 heteroatoms. The lowest BCUT2D eigenvalue weighted by atomic mass is 10.1. The quantitative estimate of drug-likeness (QED) is 0.411. The molecule has 1 aliphatic rings. The van der Waals surface area contributed by atoms with Gasteiger partial charge in [0.05, 0.1) is 6.54 Å². The van der Waals surface area contributed by atoms with Crippen molar-refractivity contribution in [2.24, 2.45) is 0 Å². The van der Waals surface area contributed by atoms with Gasteiger partial charge in [0.15, 0.2) is 5.11 Å². The van der Waals surface area contributed by atoms with E-state index in [4.69, 9.17) is 12.2 Å². The van der Waals surface area contributed by atoms with Gasteiger partial charge in [-0.3, -0.25) is 19.8 Å². The number of likely N-dealkylation sites (N-methyl/N-ethyl adjacent to an activating group) is 1. The normalized spacial score (nSPS) is 16.0. The molecule has 0 aliphatic carbocycles. The van der Waals surface area contributed by atoms with Gasteiger partial charge in [-0.1, -0.05) is 36.4 Å². The van der Waals surface area contributed by atoms with Crippen molar-refractivity contribution >= 4 is 46.1 Å². The first-order valence-corrected chi connectivity index (χ1v) is 9.45. The summed E-state index contributed by atoms with van der Waals surface area (Å²) in [6.07, 6.45) is 1.59. The number of carbonyl (C=O) groups excluding carboxylic acids is 2. The smallest absolute Gasteiger partial charge is 0.265 e. The number of halogens is 1. The molecule has 0 bridgehead atoms. The van der Waals surface area contributed by atoms with E-state index < -0.39 is 11.8 Å². The highest BCUT2D eigenvalue weighted by Gasteiger charge is 2.31. The number of fused-ring (bicyclic) bond motifs is 1. The molecular formula is C22H18FN3O2S. The predicted octanol–water partition coefficient (Wildman–Crippen LogP) is 3.39. The highest BCUT2D eigenvalue weighted by molar-refractivity contribution is 7.80. The molecule has 2 heterocycles. The Morgan fingerprint density at radius 2 is 1.79 bits per heavy atom. The number of nitrogens with zero attached hydrogens (tertiary/aromatic N) is 2. The van der Waals surface area contributed by atoms with Crippen molar-refractivity contribution in [1.29, 1.82) is 0 Å². The lowest BCUT2D eigenvalue weighted by Gasteiger charge is -2.25. The molecule has 0 spiro atoms. The topological polar surface area (TPSA) is 54.3 Å². The van der Waals surface area contributed by atoms with Crippen molar-refractivity contribution in [2.75, 3.05) is 7.05 Å². The van der Waals surface area contributed by atoms with Gasteiger partial charge in [-0.25, -0.2) is 4.39 Å². The van der Waals surface area contributed by atoms with Crippen LogP contribution in [-0.4, -0.2) is 33.4 Å². The van der Waals surface area contributed by atoms with Gasteiger partial charge in [-0.2, -0.15) is 0 Å². The van der Waals surface area contributed by atoms with Gasteiger partial charge in [0.25, 0.3) is 11.8 Å². The van der Waals surface area contributed by atoms with Gasteiger partial charge in [0.1, 0.15) is 11.4 Å². The maximum absolute atomic E-state index is 14.2. The lowest BCUT2D eigenvalue weighted by molar-refractivity contribution is -0.128. The van der Waals surface area contributed by atoms with Crippen molar-refractivity contribution < 1.29 is 14.0 Å². The van der Waals surface area contributed by atoms with Crippen molar-refractivity contribution in [3.05, 3.63) is 76.7 Å². The first kappa shape index (κ1) is 19.0. The Kier molecular flexibility index (Phi) is 4.76. The molecule has 0 atom stereocenters. The molecule has 1 fully saturated rings. The van der Waals surface area contributed by atoms with Gasteiger partial charge in [-0.15, -0.1) is 0 Å². The molecular weight excluding hydrogens is 389 g/mol. The first-order valence-electron chi connectivity index (χ1n) is 9.04. The molecule has 146 valence electrons. The maximum Gasteiger partial charge on any atom is 0.265 e. The summed E-state index contributed by atoms with van der Waals surface area (Å²) >= 11 is 5.00. The summed E-state index contributed by atoms with van der Waals surface area (Å²) < 4.78 is 16.2. The zero-order valence-electron chi connectivity index (χ0n) is 15.9. The van der Waals surface area contributed by atoms with Gasteiger partial charge < -0.3 is 4.57 Å². The molecule has 2 aromatic carbocycles. The zero-order valence-corrected chi connectivity index (χ0v) is 16.7. The number of hydrogen-bond donors (Lipinski definition) is 1. The van der Waals surface area contributed by atoms with Gasteiger partial charge in [0.2, 0.25) is 0 Å². The second-order valence-corrected chi connectivity index (χ2v) is 7.26. The third-order valence-corrected chi connectivity index (χ3v) is 5.54. The Morgan fingerprint density at radius 1 is 1.10 bits per heavy atom. The average molecular weight is 407 g/mol. The summed E-state index contributed by atoms with van der Waals surface area (Å²) in [5.74, 6) is -1.26. The van der Waals surface area contributed by atoms with Crippen LogP contribution in [0.1, 0.15) is 16.8 Å². The number of hydrogen-bond acceptors (Lipinski definition) is 3. The predicted molar refractivity (Wildman–Crippen MR) is 114 cm³/mol. The largest absolute Gasteiger partial charge is 0.340 e. The summed E-state index contributed by atoms with van der Waals surface area (Å²) in [6, 6.07) is 14.3. The number of thiocarbonyl (C=S) groups is 1. The fourth-order valence-electron chi connectivity index (χ4n) is 3.53. The molecule has 1 aromatic heterocycles. The molecule has 1 saturated heterocycles. The van der Waals surface area contributed by atoms with Crippen LogP contribution in [0, 0.1) is 12.7 Å². The molecule has 3 aromatic rings. The van der Waals surface area contributed by atoms with E-state index in [1.54, 1.807) is 24.3 Å². The van der Waals surface area contributed by atoms with Crippen molar-refractivity contribution in [3.8, 4) is 0 Å². The minimum atomic E-state index is -0.525. The van der Waals surface area contributed by atoms with Crippen LogP contribution in [0.25, 0.3) is 17.0 Å². The van der Waals surface area contributed by atoms with Crippen LogP contribution in [0.15, 0.2) is 54.1 Å². The number of para-hydroxylation sites is 1. The molecule has 0 radical (unpaired) electrons. The fourth-order valence-corrected chi connectivity index (χ4v) is 3.71. The molecule has 2 amide bonds. The van der Waals surface area contributed by atoms with Gasteiger partial charge in [0, 0.05) is 34.8 Å². The summed E-state index contributed by atoms with van der Waals surface area (Å²) in [6.45, 7) is 2.24. The van der Waals surface area contributed by atoms with Crippen LogP contribution in [0.4, 0.5) is 4.39 Å². The maximum atomic E-state index is 14.2. The van der Waals surface area contributed by atoms with Crippen LogP contribution in [-0.2, 0) is 16.1 Å². The van der Waals surface area contributed by atoms with E-state index in [-0.39, 0.29) is 16.5 Å². The first-order chi connectivity index (χ1) is 13.9. The van der Waals surface area contributed by atoms with E-state index in [1.165, 1.54) is 18.0 Å². The number of aromatic nitrogens is 1. The van der Waals surface area contributed by atoms with Crippen molar-refractivity contribution in [3.63, 3.8) is 0 Å². The number of carbonyl (C=O) groups is 2. The van der Waals surface area contributed by atoms with Crippen LogP contribution >= 0.6 is 12.2 Å². The molecule has 29 heavy (non-hydrogen) atoms. The number of rotatable bonds is 3. The highest BCUT2D eigenvalue weighted by Crippen LogP contribution is 2.29. The fraction of sp³-hybridized carbons (Fsp3) is 0.136. The summed E-state index contributed by atoms with van der Waals surface area (Å²) in [7, 11) is 1.52. The Bertz CT molecular complexity index is 1210. The van der Waals surface area contributed by atoms with E-state index in [9.17, 15) is 14.0 Å². The van der Waals surface area contributed by atoms with Gasteiger partial charge in [-0.05, 0) is 37.4 Å². The van der Waals surface area contributed by atoms with Crippen LogP contribution < -0.4 is 5.32 Å². The second-order valence-electron chi connectivity index (χ2n) is 6.88. The summed E-state index contributed by atoms with van der Waals surface area (Å²) in [4.78, 5) is 26.2. The molecule has 1 N–H and O–H groups in total. The Morgan fingerprint density at radius 3 is 2.55 bits per heavy atom. The Labute approximate surface area is 172 Å². The standard InChI is InChI=1S/C22H18FN3O2S/c1-13-16(11-17-20(27)24-22(29)25(2)21(17)28)15-8-4-6-10-19(15)26(13)12-14-7-3-5-9-18(14)23/h3-11H,12H2,1-2H3,(H,24,27,29)/b17-11+. The highest BCUT2D eigenvalue weighted by atomic mass is 32.1. The second kappa shape index (κ2) is 7.25. The Balaban J connectivity index is 1.87. The van der Waals surface area contributed by atoms with Crippen molar-refractivity contribution in [2.45, 2.75) is 13.5 Å². The van der Waals surface area contributed by atoms with Crippen LogP contribution in [0.5, 0.6) is 0 Å². The number of nitrogens with one attached hydrogen (secondary N) is 1. The van der Waals surface area contributed by atoms with Gasteiger partial charge >= 0.3 is 0 Å². The molecule has 5 nitrogen and oxygen atoms in total. The Hall–Kier alpha value is -3.32. The number of amides is 2. The van der Waals surface area contributed by atoms with E-state index in [1.807, 2.05) is 35.8 Å².